The summed E-state index contributed by atoms with van der Waals surface area (Å²) in [6, 6.07) is 3.08. The van der Waals surface area contributed by atoms with Crippen molar-refractivity contribution in [2.45, 2.75) is 135 Å². The highest BCUT2D eigenvalue weighted by Gasteiger charge is 2.40. The molecule has 0 radical (unpaired) electrons. The molecule has 0 saturated heterocycles. The van der Waals surface area contributed by atoms with Crippen molar-refractivity contribution in [3.8, 4) is 5.75 Å². The Morgan fingerprint density at radius 1 is 1.00 bits per heavy atom. The first kappa shape index (κ1) is 28.5. The molecule has 1 aromatic carbocycles. The fourth-order valence-corrected chi connectivity index (χ4v) is 5.78. The Hall–Kier alpha value is -2.11. The number of benzene rings is 1. The molecular formula is C30H46FNO4. The summed E-state index contributed by atoms with van der Waals surface area (Å²) in [5.41, 5.74) is 0.996. The Morgan fingerprint density at radius 2 is 1.69 bits per heavy atom. The average molecular weight is 504 g/mol. The number of ether oxygens (including phenoxy) is 2. The first-order valence-corrected chi connectivity index (χ1v) is 14.2. The van der Waals surface area contributed by atoms with Crippen LogP contribution in [0.1, 0.15) is 128 Å². The van der Waals surface area contributed by atoms with E-state index in [0.29, 0.717) is 18.4 Å². The minimum absolute atomic E-state index is 0.0251. The predicted octanol–water partition coefficient (Wildman–Crippen LogP) is 7.99. The molecule has 2 aliphatic rings. The van der Waals surface area contributed by atoms with E-state index in [0.717, 1.165) is 56.9 Å². The van der Waals surface area contributed by atoms with Crippen LogP contribution in [-0.4, -0.2) is 23.7 Å². The number of alkyl carbamates (subject to hydrolysis) is 1. The predicted molar refractivity (Wildman–Crippen MR) is 141 cm³/mol. The van der Waals surface area contributed by atoms with Crippen molar-refractivity contribution >= 4 is 12.1 Å². The van der Waals surface area contributed by atoms with Crippen LogP contribution < -0.4 is 10.1 Å². The van der Waals surface area contributed by atoms with E-state index < -0.39 is 11.7 Å². The van der Waals surface area contributed by atoms with Crippen molar-refractivity contribution < 1.29 is 23.5 Å². The van der Waals surface area contributed by atoms with E-state index in [4.69, 9.17) is 9.47 Å². The Bertz CT molecular complexity index is 878. The Balaban J connectivity index is 1.69. The molecule has 1 saturated carbocycles. The van der Waals surface area contributed by atoms with Gasteiger partial charge in [-0.3, -0.25) is 4.79 Å². The van der Waals surface area contributed by atoms with E-state index in [9.17, 15) is 9.59 Å². The van der Waals surface area contributed by atoms with Crippen molar-refractivity contribution in [1.82, 2.24) is 5.32 Å². The Kier molecular flexibility index (Phi) is 10.6. The normalized spacial score (nSPS) is 21.6. The lowest BCUT2D eigenvalue weighted by molar-refractivity contribution is -0.134. The number of halogens is 1. The van der Waals surface area contributed by atoms with Crippen molar-refractivity contribution in [2.75, 3.05) is 0 Å². The zero-order valence-electron chi connectivity index (χ0n) is 22.8. The molecule has 0 heterocycles. The van der Waals surface area contributed by atoms with Gasteiger partial charge in [-0.1, -0.05) is 64.7 Å². The third-order valence-electron chi connectivity index (χ3n) is 7.50. The molecule has 1 aromatic rings. The number of hydrogen-bond acceptors (Lipinski definition) is 4. The van der Waals surface area contributed by atoms with E-state index in [-0.39, 0.29) is 35.4 Å². The highest BCUT2D eigenvalue weighted by Crippen LogP contribution is 2.44. The van der Waals surface area contributed by atoms with Crippen molar-refractivity contribution in [1.29, 1.82) is 0 Å². The van der Waals surface area contributed by atoms with Crippen LogP contribution in [0.25, 0.3) is 0 Å². The molecule has 0 aliphatic heterocycles. The second-order valence-electron chi connectivity index (χ2n) is 11.7. The van der Waals surface area contributed by atoms with Gasteiger partial charge < -0.3 is 14.8 Å². The van der Waals surface area contributed by atoms with Gasteiger partial charge in [-0.15, -0.1) is 0 Å². The first-order valence-electron chi connectivity index (χ1n) is 14.2. The summed E-state index contributed by atoms with van der Waals surface area (Å²) in [5.74, 6) is -0.204. The standard InChI is InChI=1S/C30H46FNO4/c1-5-6-7-8-9-10-14-17-27(33)35-22-19-24-23-16-13-11-12-15-21(18-25(24)26(31)20-22)28(23)32-29(34)36-30(2,3)4/h19-21,23,28H,5-18H2,1-4H3,(H,32,34). The number of hydrogen-bond donors (Lipinski definition) is 1. The average Bonchev–Trinajstić information content (AvgIpc) is 2.78. The van der Waals surface area contributed by atoms with Crippen LogP contribution in [0.3, 0.4) is 0 Å². The molecule has 0 aromatic heterocycles. The maximum absolute atomic E-state index is 15.3. The molecule has 1 amide bonds. The fraction of sp³-hybridized carbons (Fsp3) is 0.733. The van der Waals surface area contributed by atoms with Crippen LogP contribution in [0.2, 0.25) is 0 Å². The number of fused-ring (bicyclic) bond motifs is 4. The second kappa shape index (κ2) is 13.4. The van der Waals surface area contributed by atoms with Gasteiger partial charge in [-0.2, -0.15) is 0 Å². The number of carbonyl (C=O) groups is 2. The van der Waals surface area contributed by atoms with Gasteiger partial charge in [0.05, 0.1) is 0 Å². The SMILES string of the molecule is CCCCCCCCCC(=O)Oc1cc(F)c2c(c1)C1CCCCCC(C2)C1NC(=O)OC(C)(C)C. The summed E-state index contributed by atoms with van der Waals surface area (Å²) in [4.78, 5) is 25.1. The minimum Gasteiger partial charge on any atom is -0.444 e. The summed E-state index contributed by atoms with van der Waals surface area (Å²) in [5, 5.41) is 3.13. The van der Waals surface area contributed by atoms with Crippen LogP contribution in [0.5, 0.6) is 5.75 Å². The van der Waals surface area contributed by atoms with E-state index in [2.05, 4.69) is 12.2 Å². The Morgan fingerprint density at radius 3 is 2.42 bits per heavy atom. The third kappa shape index (κ3) is 8.48. The second-order valence-corrected chi connectivity index (χ2v) is 11.7. The highest BCUT2D eigenvalue weighted by molar-refractivity contribution is 5.72. The fourth-order valence-electron chi connectivity index (χ4n) is 5.78. The third-order valence-corrected chi connectivity index (χ3v) is 7.50. The van der Waals surface area contributed by atoms with Crippen LogP contribution in [0.4, 0.5) is 9.18 Å². The van der Waals surface area contributed by atoms with Crippen LogP contribution in [-0.2, 0) is 16.0 Å². The van der Waals surface area contributed by atoms with Gasteiger partial charge >= 0.3 is 12.1 Å². The summed E-state index contributed by atoms with van der Waals surface area (Å²) < 4.78 is 26.4. The minimum atomic E-state index is -0.582. The molecule has 3 rings (SSSR count). The molecule has 0 spiro atoms. The van der Waals surface area contributed by atoms with Gasteiger partial charge in [0, 0.05) is 24.4 Å². The summed E-state index contributed by atoms with van der Waals surface area (Å²) >= 11 is 0. The number of unbranched alkanes of at least 4 members (excludes halogenated alkanes) is 6. The van der Waals surface area contributed by atoms with Gasteiger partial charge in [-0.25, -0.2) is 9.18 Å². The molecule has 3 atom stereocenters. The smallest absolute Gasteiger partial charge is 0.407 e. The van der Waals surface area contributed by atoms with Crippen molar-refractivity contribution in [2.24, 2.45) is 5.92 Å². The van der Waals surface area contributed by atoms with Gasteiger partial charge in [0.2, 0.25) is 0 Å². The highest BCUT2D eigenvalue weighted by atomic mass is 19.1. The molecule has 2 aliphatic carbocycles. The maximum atomic E-state index is 15.3. The maximum Gasteiger partial charge on any atom is 0.407 e. The molecule has 2 bridgehead atoms. The van der Waals surface area contributed by atoms with Crippen molar-refractivity contribution in [3.05, 3.63) is 29.1 Å². The molecule has 5 nitrogen and oxygen atoms in total. The van der Waals surface area contributed by atoms with E-state index in [1.54, 1.807) is 0 Å². The lowest BCUT2D eigenvalue weighted by atomic mass is 9.68. The van der Waals surface area contributed by atoms with E-state index in [1.165, 1.54) is 31.7 Å². The van der Waals surface area contributed by atoms with Crippen LogP contribution >= 0.6 is 0 Å². The molecule has 6 heteroatoms. The zero-order valence-corrected chi connectivity index (χ0v) is 22.8. The largest absolute Gasteiger partial charge is 0.444 e. The van der Waals surface area contributed by atoms with Gasteiger partial charge in [0.15, 0.2) is 0 Å². The van der Waals surface area contributed by atoms with Gasteiger partial charge in [-0.05, 0) is 69.6 Å². The van der Waals surface area contributed by atoms with E-state index in [1.807, 2.05) is 26.8 Å². The zero-order chi connectivity index (χ0) is 26.1. The molecule has 36 heavy (non-hydrogen) atoms. The number of nitrogens with one attached hydrogen (secondary N) is 1. The number of carbonyl (C=O) groups excluding carboxylic acids is 2. The molecule has 1 N–H and O–H groups in total. The molecule has 1 fully saturated rings. The quantitative estimate of drug-likeness (QED) is 0.200. The first-order chi connectivity index (χ1) is 17.2. The summed E-state index contributed by atoms with van der Waals surface area (Å²) in [6.45, 7) is 7.75. The number of amides is 1. The van der Waals surface area contributed by atoms with Crippen molar-refractivity contribution in [3.63, 3.8) is 0 Å². The summed E-state index contributed by atoms with van der Waals surface area (Å²) in [6.07, 6.45) is 13.4. The van der Waals surface area contributed by atoms with Crippen LogP contribution in [0.15, 0.2) is 12.1 Å². The molecule has 3 unspecified atom stereocenters. The van der Waals surface area contributed by atoms with Gasteiger partial charge in [0.25, 0.3) is 0 Å². The molecule has 202 valence electrons. The number of esters is 1. The van der Waals surface area contributed by atoms with E-state index >= 15 is 4.39 Å². The lowest BCUT2D eigenvalue weighted by Crippen LogP contribution is -2.49. The molecular weight excluding hydrogens is 457 g/mol. The topological polar surface area (TPSA) is 64.6 Å². The lowest BCUT2D eigenvalue weighted by Gasteiger charge is -2.42. The number of rotatable bonds is 10. The van der Waals surface area contributed by atoms with Crippen LogP contribution in [0, 0.1) is 11.7 Å². The summed E-state index contributed by atoms with van der Waals surface area (Å²) in [7, 11) is 0. The van der Waals surface area contributed by atoms with Gasteiger partial charge in [0.1, 0.15) is 17.2 Å². The Labute approximate surface area is 216 Å². The monoisotopic (exact) mass is 503 g/mol.